The maximum atomic E-state index is 15.8. The van der Waals surface area contributed by atoms with E-state index in [2.05, 4.69) is 16.0 Å². The maximum Gasteiger partial charge on any atom is 0.408 e. The summed E-state index contributed by atoms with van der Waals surface area (Å²) < 4.78 is 36.9. The quantitative estimate of drug-likeness (QED) is 0.299. The lowest BCUT2D eigenvalue weighted by Gasteiger charge is -2.31. The third kappa shape index (κ3) is 8.58. The van der Waals surface area contributed by atoms with E-state index in [-0.39, 0.29) is 30.2 Å². The standard InChI is InChI=1S/C31H39F2N3O5/c1-19(2)15-26(29(39)35-25(18-37)17-23-13-14-34-28(23)38)36-30(40)41-27(20(3)4)31(32,33)24-12-8-11-22(16-24)21-9-6-5-7-10-21/h5-12,16,18-20,23,25-27H,13-15,17H2,1-4H3,(H,34,38)(H,35,39)(H,36,40)/t23-,25-,26-,27?/m0/s1. The third-order valence-corrected chi connectivity index (χ3v) is 7.06. The van der Waals surface area contributed by atoms with Gasteiger partial charge in [-0.3, -0.25) is 9.59 Å². The zero-order valence-corrected chi connectivity index (χ0v) is 23.9. The minimum atomic E-state index is -3.53. The molecular formula is C31H39F2N3O5. The van der Waals surface area contributed by atoms with E-state index >= 15 is 8.78 Å². The van der Waals surface area contributed by atoms with Crippen LogP contribution in [0.3, 0.4) is 0 Å². The lowest BCUT2D eigenvalue weighted by atomic mass is 9.92. The molecule has 0 radical (unpaired) electrons. The third-order valence-electron chi connectivity index (χ3n) is 7.06. The molecule has 1 unspecified atom stereocenters. The average Bonchev–Trinajstić information content (AvgIpc) is 3.34. The van der Waals surface area contributed by atoms with Crippen molar-refractivity contribution in [3.8, 4) is 11.1 Å². The zero-order chi connectivity index (χ0) is 30.2. The van der Waals surface area contributed by atoms with E-state index in [4.69, 9.17) is 4.74 Å². The average molecular weight is 572 g/mol. The van der Waals surface area contributed by atoms with Crippen molar-refractivity contribution in [2.75, 3.05) is 6.54 Å². The van der Waals surface area contributed by atoms with E-state index in [1.165, 1.54) is 32.0 Å². The minimum absolute atomic E-state index is 0.0515. The molecule has 8 nitrogen and oxygen atoms in total. The predicted molar refractivity (Wildman–Crippen MR) is 151 cm³/mol. The second-order valence-corrected chi connectivity index (χ2v) is 11.2. The number of amides is 3. The summed E-state index contributed by atoms with van der Waals surface area (Å²) in [6.45, 7) is 7.22. The first-order valence-corrected chi connectivity index (χ1v) is 14.0. The van der Waals surface area contributed by atoms with Crippen molar-refractivity contribution in [3.05, 3.63) is 60.2 Å². The second kappa shape index (κ2) is 14.2. The normalized spacial score (nSPS) is 17.5. The van der Waals surface area contributed by atoms with Gasteiger partial charge in [0.15, 0.2) is 6.10 Å². The molecule has 1 heterocycles. The van der Waals surface area contributed by atoms with Crippen molar-refractivity contribution in [2.45, 2.75) is 71.1 Å². The van der Waals surface area contributed by atoms with Gasteiger partial charge >= 0.3 is 12.0 Å². The highest BCUT2D eigenvalue weighted by molar-refractivity contribution is 5.88. The molecule has 3 N–H and O–H groups in total. The summed E-state index contributed by atoms with van der Waals surface area (Å²) in [5.41, 5.74) is 1.07. The van der Waals surface area contributed by atoms with Gasteiger partial charge in [0.05, 0.1) is 6.04 Å². The van der Waals surface area contributed by atoms with Crippen LogP contribution in [0, 0.1) is 17.8 Å². The molecule has 41 heavy (non-hydrogen) atoms. The highest BCUT2D eigenvalue weighted by Gasteiger charge is 2.46. The van der Waals surface area contributed by atoms with E-state index in [1.807, 2.05) is 44.2 Å². The van der Waals surface area contributed by atoms with Crippen LogP contribution < -0.4 is 16.0 Å². The van der Waals surface area contributed by atoms with Crippen LogP contribution in [0.5, 0.6) is 0 Å². The molecule has 0 saturated carbocycles. The van der Waals surface area contributed by atoms with Crippen molar-refractivity contribution in [1.82, 2.24) is 16.0 Å². The number of ether oxygens (including phenoxy) is 1. The van der Waals surface area contributed by atoms with Crippen molar-refractivity contribution in [3.63, 3.8) is 0 Å². The number of aldehydes is 1. The largest absolute Gasteiger partial charge is 0.439 e. The Morgan fingerprint density at radius 1 is 1.05 bits per heavy atom. The van der Waals surface area contributed by atoms with E-state index < -0.39 is 47.9 Å². The Morgan fingerprint density at radius 2 is 1.73 bits per heavy atom. The van der Waals surface area contributed by atoms with Crippen molar-refractivity contribution >= 4 is 24.2 Å². The first-order chi connectivity index (χ1) is 19.4. The summed E-state index contributed by atoms with van der Waals surface area (Å²) in [5, 5.41) is 7.69. The van der Waals surface area contributed by atoms with Crippen LogP contribution in [0.25, 0.3) is 11.1 Å². The number of carbonyl (C=O) groups is 4. The topological polar surface area (TPSA) is 114 Å². The number of carbonyl (C=O) groups excluding carboxylic acids is 4. The number of nitrogens with one attached hydrogen (secondary N) is 3. The summed E-state index contributed by atoms with van der Waals surface area (Å²) in [6.07, 6.45) is -1.58. The van der Waals surface area contributed by atoms with Gasteiger partial charge in [-0.2, -0.15) is 8.78 Å². The first-order valence-electron chi connectivity index (χ1n) is 14.0. The predicted octanol–water partition coefficient (Wildman–Crippen LogP) is 4.82. The Morgan fingerprint density at radius 3 is 2.32 bits per heavy atom. The van der Waals surface area contributed by atoms with Crippen LogP contribution in [0.1, 0.15) is 52.5 Å². The molecule has 1 fully saturated rings. The molecular weight excluding hydrogens is 532 g/mol. The van der Waals surface area contributed by atoms with Crippen LogP contribution in [-0.4, -0.2) is 48.9 Å². The number of alkyl carbamates (subject to hydrolysis) is 1. The Hall–Kier alpha value is -3.82. The summed E-state index contributed by atoms with van der Waals surface area (Å²) >= 11 is 0. The Balaban J connectivity index is 1.73. The minimum Gasteiger partial charge on any atom is -0.439 e. The molecule has 0 bridgehead atoms. The molecule has 3 rings (SSSR count). The molecule has 1 saturated heterocycles. The van der Waals surface area contributed by atoms with Crippen molar-refractivity contribution < 1.29 is 32.7 Å². The van der Waals surface area contributed by atoms with Crippen molar-refractivity contribution in [1.29, 1.82) is 0 Å². The van der Waals surface area contributed by atoms with E-state index in [0.717, 1.165) is 5.56 Å². The van der Waals surface area contributed by atoms with Gasteiger partial charge in [-0.05, 0) is 48.3 Å². The van der Waals surface area contributed by atoms with Gasteiger partial charge in [-0.1, -0.05) is 76.2 Å². The molecule has 0 aromatic heterocycles. The van der Waals surface area contributed by atoms with Crippen LogP contribution >= 0.6 is 0 Å². The molecule has 222 valence electrons. The zero-order valence-electron chi connectivity index (χ0n) is 23.9. The molecule has 2 aromatic carbocycles. The fourth-order valence-corrected chi connectivity index (χ4v) is 4.93. The molecule has 3 amide bonds. The molecule has 10 heteroatoms. The molecule has 1 aliphatic heterocycles. The molecule has 4 atom stereocenters. The lowest BCUT2D eigenvalue weighted by Crippen LogP contribution is -2.52. The Kier molecular flexibility index (Phi) is 11.0. The van der Waals surface area contributed by atoms with E-state index in [9.17, 15) is 19.2 Å². The fourth-order valence-electron chi connectivity index (χ4n) is 4.93. The van der Waals surface area contributed by atoms with Gasteiger partial charge < -0.3 is 25.5 Å². The maximum absolute atomic E-state index is 15.8. The molecule has 0 aliphatic carbocycles. The summed E-state index contributed by atoms with van der Waals surface area (Å²) in [6, 6.07) is 13.0. The van der Waals surface area contributed by atoms with Crippen molar-refractivity contribution in [2.24, 2.45) is 17.8 Å². The number of alkyl halides is 2. The van der Waals surface area contributed by atoms with E-state index in [1.54, 1.807) is 6.07 Å². The summed E-state index contributed by atoms with van der Waals surface area (Å²) in [5.74, 6) is -5.58. The van der Waals surface area contributed by atoms with Gasteiger partial charge in [-0.25, -0.2) is 4.79 Å². The van der Waals surface area contributed by atoms with Crippen LogP contribution in [0.4, 0.5) is 13.6 Å². The highest BCUT2D eigenvalue weighted by Crippen LogP contribution is 2.38. The summed E-state index contributed by atoms with van der Waals surface area (Å²) in [7, 11) is 0. The molecule has 0 spiro atoms. The van der Waals surface area contributed by atoms with Crippen LogP contribution in [0.15, 0.2) is 54.6 Å². The monoisotopic (exact) mass is 571 g/mol. The Labute approximate surface area is 239 Å². The molecule has 2 aromatic rings. The van der Waals surface area contributed by atoms with Crippen LogP contribution in [-0.2, 0) is 25.0 Å². The van der Waals surface area contributed by atoms with Gasteiger partial charge in [0.1, 0.15) is 12.3 Å². The Bertz CT molecular complexity index is 1210. The number of rotatable bonds is 13. The van der Waals surface area contributed by atoms with Crippen LogP contribution in [0.2, 0.25) is 0 Å². The van der Waals surface area contributed by atoms with E-state index in [0.29, 0.717) is 24.8 Å². The number of halogens is 2. The number of hydrogen-bond acceptors (Lipinski definition) is 5. The lowest BCUT2D eigenvalue weighted by molar-refractivity contribution is -0.136. The summed E-state index contributed by atoms with van der Waals surface area (Å²) in [4.78, 5) is 49.5. The SMILES string of the molecule is CC(C)C[C@H](NC(=O)OC(C(C)C)C(F)(F)c1cccc(-c2ccccc2)c1)C(=O)N[C@H](C=O)C[C@@H]1CCNC1=O. The highest BCUT2D eigenvalue weighted by atomic mass is 19.3. The van der Waals surface area contributed by atoms with Gasteiger partial charge in [0.2, 0.25) is 11.8 Å². The first kappa shape index (κ1) is 31.7. The van der Waals surface area contributed by atoms with Gasteiger partial charge in [-0.15, -0.1) is 0 Å². The smallest absolute Gasteiger partial charge is 0.408 e. The number of hydrogen-bond donors (Lipinski definition) is 3. The van der Waals surface area contributed by atoms with Gasteiger partial charge in [0, 0.05) is 18.0 Å². The molecule has 1 aliphatic rings. The second-order valence-electron chi connectivity index (χ2n) is 11.2. The number of benzene rings is 2. The fraction of sp³-hybridized carbons (Fsp3) is 0.484. The van der Waals surface area contributed by atoms with Gasteiger partial charge in [0.25, 0.3) is 0 Å².